The second-order valence-corrected chi connectivity index (χ2v) is 16.1. The number of aromatic nitrogens is 1. The number of fused-ring (bicyclic) bond motifs is 1. The van der Waals surface area contributed by atoms with Crippen molar-refractivity contribution in [2.75, 3.05) is 18.1 Å². The standard InChI is InChI=1S/C40H36BrN2O3P.BrH/c1-43-38-25-22-32(41)28-31(38)29-37(40(43)45)42-39(44)30-20-23-33(24-21-30)46-26-12-5-13-27-47(34-14-6-2-7-15-34,35-16-8-3-9-17-35)36-18-10-4-11-19-36;/h2-4,6-11,14-25,28-29H,5,12-13,26-27H2,1H3;1H. The normalized spacial score (nSPS) is 11.1. The highest BCUT2D eigenvalue weighted by Crippen LogP contribution is 2.56. The quantitative estimate of drug-likeness (QED) is 0.139. The zero-order chi connectivity index (χ0) is 32.6. The summed E-state index contributed by atoms with van der Waals surface area (Å²) >= 11 is 3.47. The highest BCUT2D eigenvalue weighted by atomic mass is 79.9. The Hall–Kier alpha value is -4.03. The van der Waals surface area contributed by atoms with Gasteiger partial charge < -0.3 is 31.6 Å². The van der Waals surface area contributed by atoms with E-state index < -0.39 is 7.26 Å². The van der Waals surface area contributed by atoms with Crippen LogP contribution >= 0.6 is 23.2 Å². The number of hydrogen-bond donors (Lipinski definition) is 1. The number of unbranched alkanes of at least 4 members (excludes halogenated alkanes) is 2. The maximum atomic E-state index is 13.0. The van der Waals surface area contributed by atoms with E-state index >= 15 is 0 Å². The number of pyridine rings is 1. The largest absolute Gasteiger partial charge is 1.00 e. The van der Waals surface area contributed by atoms with Crippen LogP contribution in [0.1, 0.15) is 29.6 Å². The molecule has 6 aromatic rings. The molecule has 1 aromatic heterocycles. The molecule has 5 nitrogen and oxygen atoms in total. The summed E-state index contributed by atoms with van der Waals surface area (Å²) in [4.78, 5) is 25.9. The first-order chi connectivity index (χ1) is 23.0. The van der Waals surface area contributed by atoms with Crippen LogP contribution in [0, 0.1) is 0 Å². The molecule has 48 heavy (non-hydrogen) atoms. The molecule has 0 atom stereocenters. The molecule has 5 aromatic carbocycles. The molecule has 0 aliphatic rings. The Kier molecular flexibility index (Phi) is 12.0. The van der Waals surface area contributed by atoms with E-state index in [-0.39, 0.29) is 34.1 Å². The maximum Gasteiger partial charge on any atom is 0.274 e. The Bertz CT molecular complexity index is 1920. The molecule has 0 aliphatic carbocycles. The van der Waals surface area contributed by atoms with Crippen LogP contribution in [0.4, 0.5) is 5.69 Å². The fourth-order valence-corrected chi connectivity index (χ4v) is 10.9. The van der Waals surface area contributed by atoms with Gasteiger partial charge in [-0.15, -0.1) is 0 Å². The fraction of sp³-hybridized carbons (Fsp3) is 0.150. The summed E-state index contributed by atoms with van der Waals surface area (Å²) in [5.41, 5.74) is 1.23. The van der Waals surface area contributed by atoms with E-state index in [2.05, 4.69) is 112 Å². The van der Waals surface area contributed by atoms with Crippen molar-refractivity contribution < 1.29 is 26.5 Å². The van der Waals surface area contributed by atoms with Gasteiger partial charge in [-0.1, -0.05) is 70.5 Å². The lowest BCUT2D eigenvalue weighted by Crippen LogP contribution is -3.00. The van der Waals surface area contributed by atoms with Crippen LogP contribution in [0.25, 0.3) is 10.9 Å². The lowest BCUT2D eigenvalue weighted by molar-refractivity contribution is -0.0000172. The number of rotatable bonds is 12. The van der Waals surface area contributed by atoms with E-state index in [1.54, 1.807) is 41.9 Å². The van der Waals surface area contributed by atoms with E-state index in [1.165, 1.54) is 15.9 Å². The first-order valence-electron chi connectivity index (χ1n) is 15.8. The highest BCUT2D eigenvalue weighted by Gasteiger charge is 2.44. The van der Waals surface area contributed by atoms with E-state index in [9.17, 15) is 9.59 Å². The summed E-state index contributed by atoms with van der Waals surface area (Å²) < 4.78 is 8.50. The van der Waals surface area contributed by atoms with Crippen molar-refractivity contribution in [2.45, 2.75) is 19.3 Å². The minimum Gasteiger partial charge on any atom is -1.00 e. The zero-order valence-corrected chi connectivity index (χ0v) is 30.8. The molecule has 0 unspecified atom stereocenters. The van der Waals surface area contributed by atoms with E-state index in [4.69, 9.17) is 4.74 Å². The van der Waals surface area contributed by atoms with Crippen LogP contribution in [0.5, 0.6) is 5.75 Å². The molecular formula is C40H37Br2N2O3P. The first kappa shape index (κ1) is 35.3. The molecule has 0 fully saturated rings. The number of carbonyl (C=O) groups excluding carboxylic acids is 1. The number of hydrogen-bond acceptors (Lipinski definition) is 3. The highest BCUT2D eigenvalue weighted by molar-refractivity contribution is 9.10. The number of halogens is 2. The van der Waals surface area contributed by atoms with Crippen LogP contribution in [0.3, 0.4) is 0 Å². The minimum atomic E-state index is -1.82. The van der Waals surface area contributed by atoms with E-state index in [0.717, 1.165) is 40.8 Å². The van der Waals surface area contributed by atoms with Crippen molar-refractivity contribution >= 4 is 61.6 Å². The molecule has 0 aliphatic heterocycles. The van der Waals surface area contributed by atoms with Crippen LogP contribution < -0.4 is 48.5 Å². The molecule has 1 heterocycles. The number of benzene rings is 5. The SMILES string of the molecule is Cn1c(=O)c(NC(=O)c2ccc(OCCCCC[P+](c3ccccc3)(c3ccccc3)c3ccccc3)cc2)cc2cc(Br)ccc21.[Br-]. The van der Waals surface area contributed by atoms with E-state index in [0.29, 0.717) is 17.9 Å². The molecular weight excluding hydrogens is 747 g/mol. The number of anilines is 1. The summed E-state index contributed by atoms with van der Waals surface area (Å²) in [7, 11) is -0.120. The summed E-state index contributed by atoms with van der Waals surface area (Å²) in [6.07, 6.45) is 4.15. The number of nitrogens with zero attached hydrogens (tertiary/aromatic N) is 1. The van der Waals surface area contributed by atoms with Gasteiger partial charge in [0.05, 0.1) is 18.3 Å². The first-order valence-corrected chi connectivity index (χ1v) is 18.6. The molecule has 0 radical (unpaired) electrons. The topological polar surface area (TPSA) is 60.3 Å². The Morgan fingerprint density at radius 3 is 1.85 bits per heavy atom. The number of amides is 1. The molecule has 8 heteroatoms. The fourth-order valence-electron chi connectivity index (χ4n) is 6.14. The summed E-state index contributed by atoms with van der Waals surface area (Å²) in [5, 5.41) is 7.87. The summed E-state index contributed by atoms with van der Waals surface area (Å²) in [6.45, 7) is 0.599. The number of carbonyl (C=O) groups is 1. The van der Waals surface area contributed by atoms with Gasteiger partial charge in [-0.05, 0) is 104 Å². The third-order valence-electron chi connectivity index (χ3n) is 8.55. The summed E-state index contributed by atoms with van der Waals surface area (Å²) in [5.74, 6) is 0.373. The second-order valence-electron chi connectivity index (χ2n) is 11.6. The maximum absolute atomic E-state index is 13.0. The molecule has 244 valence electrons. The van der Waals surface area contributed by atoms with Crippen LogP contribution in [0.15, 0.2) is 149 Å². The zero-order valence-electron chi connectivity index (χ0n) is 26.7. The van der Waals surface area contributed by atoms with Gasteiger partial charge in [0.15, 0.2) is 0 Å². The Morgan fingerprint density at radius 2 is 1.29 bits per heavy atom. The molecule has 0 spiro atoms. The predicted molar refractivity (Wildman–Crippen MR) is 201 cm³/mol. The predicted octanol–water partition coefficient (Wildman–Crippen LogP) is 5.10. The van der Waals surface area contributed by atoms with Gasteiger partial charge in [0.25, 0.3) is 11.5 Å². The Labute approximate surface area is 301 Å². The number of ether oxygens (including phenoxy) is 1. The van der Waals surface area contributed by atoms with Crippen molar-refractivity contribution in [1.29, 1.82) is 0 Å². The third-order valence-corrected chi connectivity index (χ3v) is 13.6. The van der Waals surface area contributed by atoms with Crippen molar-refractivity contribution in [3.8, 4) is 5.75 Å². The Balaban J connectivity index is 0.00000451. The monoisotopic (exact) mass is 782 g/mol. The number of nitrogens with one attached hydrogen (secondary N) is 1. The molecule has 0 saturated carbocycles. The van der Waals surface area contributed by atoms with Crippen LogP contribution in [0.2, 0.25) is 0 Å². The third kappa shape index (κ3) is 7.81. The van der Waals surface area contributed by atoms with Gasteiger partial charge in [0.1, 0.15) is 34.6 Å². The molecule has 1 amide bonds. The van der Waals surface area contributed by atoms with Gasteiger partial charge in [-0.3, -0.25) is 9.59 Å². The smallest absolute Gasteiger partial charge is 0.274 e. The Morgan fingerprint density at radius 1 is 0.729 bits per heavy atom. The molecule has 1 N–H and O–H groups in total. The average Bonchev–Trinajstić information content (AvgIpc) is 3.11. The lowest BCUT2D eigenvalue weighted by atomic mass is 10.1. The summed E-state index contributed by atoms with van der Waals surface area (Å²) in [6, 6.07) is 47.4. The molecule has 6 rings (SSSR count). The van der Waals surface area contributed by atoms with Crippen molar-refractivity contribution in [1.82, 2.24) is 4.57 Å². The lowest BCUT2D eigenvalue weighted by Gasteiger charge is -2.27. The van der Waals surface area contributed by atoms with Crippen LogP contribution in [-0.4, -0.2) is 23.2 Å². The second kappa shape index (κ2) is 16.4. The molecule has 0 bridgehead atoms. The van der Waals surface area contributed by atoms with Gasteiger partial charge >= 0.3 is 0 Å². The van der Waals surface area contributed by atoms with Gasteiger partial charge in [0.2, 0.25) is 0 Å². The van der Waals surface area contributed by atoms with Gasteiger partial charge in [-0.25, -0.2) is 0 Å². The van der Waals surface area contributed by atoms with Crippen molar-refractivity contribution in [3.05, 3.63) is 160 Å². The van der Waals surface area contributed by atoms with Crippen LogP contribution in [-0.2, 0) is 7.05 Å². The van der Waals surface area contributed by atoms with Crippen molar-refractivity contribution in [2.24, 2.45) is 7.05 Å². The van der Waals surface area contributed by atoms with Gasteiger partial charge in [0, 0.05) is 22.5 Å². The molecule has 0 saturated heterocycles. The van der Waals surface area contributed by atoms with Crippen molar-refractivity contribution in [3.63, 3.8) is 0 Å². The number of aryl methyl sites for hydroxylation is 1. The van der Waals surface area contributed by atoms with E-state index in [1.807, 2.05) is 18.2 Å². The minimum absolute atomic E-state index is 0. The average molecular weight is 785 g/mol. The van der Waals surface area contributed by atoms with Gasteiger partial charge in [-0.2, -0.15) is 0 Å².